The molecule has 2 rings (SSSR count). The molecule has 22 heavy (non-hydrogen) atoms. The van der Waals surface area contributed by atoms with Crippen LogP contribution in [-0.4, -0.2) is 13.1 Å². The van der Waals surface area contributed by atoms with E-state index in [1.54, 1.807) is 25.1 Å². The van der Waals surface area contributed by atoms with Crippen LogP contribution in [0.1, 0.15) is 27.0 Å². The van der Waals surface area contributed by atoms with Crippen molar-refractivity contribution in [1.29, 1.82) is 0 Å². The van der Waals surface area contributed by atoms with E-state index in [0.717, 1.165) is 17.7 Å². The van der Waals surface area contributed by atoms with Crippen molar-refractivity contribution in [3.63, 3.8) is 0 Å². The van der Waals surface area contributed by atoms with Crippen LogP contribution in [0.5, 0.6) is 0 Å². The monoisotopic (exact) mass is 310 g/mol. The molecule has 0 atom stereocenters. The molecule has 0 aliphatic heterocycles. The fourth-order valence-electron chi connectivity index (χ4n) is 1.63. The van der Waals surface area contributed by atoms with E-state index < -0.39 is 11.7 Å². The molecule has 0 heterocycles. The van der Waals surface area contributed by atoms with Gasteiger partial charge < -0.3 is 4.74 Å². The Morgan fingerprint density at radius 1 is 0.955 bits per heavy atom. The second kappa shape index (κ2) is 7.64. The molecule has 2 aromatic carbocycles. The highest BCUT2D eigenvalue weighted by Gasteiger charge is 2.29. The number of halogens is 3. The Kier molecular flexibility index (Phi) is 6.16. The van der Waals surface area contributed by atoms with Crippen molar-refractivity contribution in [3.05, 3.63) is 70.8 Å². The smallest absolute Gasteiger partial charge is 0.416 e. The van der Waals surface area contributed by atoms with E-state index >= 15 is 0 Å². The first-order valence-electron chi connectivity index (χ1n) is 6.53. The first-order valence-corrected chi connectivity index (χ1v) is 6.53. The molecule has 0 saturated carbocycles. The molecule has 2 aromatic rings. The topological polar surface area (TPSA) is 26.3 Å². The Labute approximate surface area is 127 Å². The highest BCUT2D eigenvalue weighted by atomic mass is 19.4. The Morgan fingerprint density at radius 3 is 1.95 bits per heavy atom. The predicted octanol–water partition coefficient (Wildman–Crippen LogP) is 4.80. The van der Waals surface area contributed by atoms with Gasteiger partial charge in [-0.25, -0.2) is 4.79 Å². The maximum Gasteiger partial charge on any atom is 0.416 e. The minimum absolute atomic E-state index is 0.287. The van der Waals surface area contributed by atoms with E-state index in [4.69, 9.17) is 0 Å². The Bertz CT molecular complexity index is 617. The predicted molar refractivity (Wildman–Crippen MR) is 78.7 cm³/mol. The molecule has 0 N–H and O–H groups in total. The van der Waals surface area contributed by atoms with Crippen LogP contribution < -0.4 is 0 Å². The van der Waals surface area contributed by atoms with Crippen molar-refractivity contribution in [2.45, 2.75) is 20.0 Å². The minimum atomic E-state index is -4.22. The maximum atomic E-state index is 12.0. The third kappa shape index (κ3) is 5.60. The van der Waals surface area contributed by atoms with E-state index in [1.807, 2.05) is 19.1 Å². The summed E-state index contributed by atoms with van der Waals surface area (Å²) in [7, 11) is 1.38. The lowest BCUT2D eigenvalue weighted by Gasteiger charge is -2.05. The van der Waals surface area contributed by atoms with Crippen LogP contribution in [0.25, 0.3) is 0 Å². The zero-order chi connectivity index (χ0) is 16.8. The zero-order valence-electron chi connectivity index (χ0n) is 12.6. The number of rotatable bonds is 1. The van der Waals surface area contributed by atoms with Gasteiger partial charge in [-0.05, 0) is 32.0 Å². The van der Waals surface area contributed by atoms with Crippen molar-refractivity contribution in [2.24, 2.45) is 0 Å². The number of hydrogen-bond acceptors (Lipinski definition) is 2. The Morgan fingerprint density at radius 2 is 1.55 bits per heavy atom. The average molecular weight is 310 g/mol. The summed E-state index contributed by atoms with van der Waals surface area (Å²) < 4.78 is 40.4. The molecule has 0 spiro atoms. The fourth-order valence-corrected chi connectivity index (χ4v) is 1.63. The van der Waals surface area contributed by atoms with Crippen molar-refractivity contribution in [1.82, 2.24) is 0 Å². The third-order valence-corrected chi connectivity index (χ3v) is 2.82. The molecule has 118 valence electrons. The Hall–Kier alpha value is -2.30. The molecule has 0 bridgehead atoms. The van der Waals surface area contributed by atoms with E-state index in [-0.39, 0.29) is 5.97 Å². The number of alkyl halides is 3. The van der Waals surface area contributed by atoms with Crippen LogP contribution in [0.3, 0.4) is 0 Å². The number of methoxy groups -OCH3 is 1. The van der Waals surface area contributed by atoms with Gasteiger partial charge in [-0.1, -0.05) is 41.5 Å². The SMILES string of the molecule is COC(=O)c1ccc(C)cc1.Cc1cccc(C(F)(F)F)c1. The molecule has 0 aromatic heterocycles. The second-order valence-electron chi connectivity index (χ2n) is 4.72. The van der Waals surface area contributed by atoms with Crippen molar-refractivity contribution in [3.8, 4) is 0 Å². The molecule has 0 aliphatic carbocycles. The normalized spacial score (nSPS) is 10.5. The lowest BCUT2D eigenvalue weighted by atomic mass is 10.1. The van der Waals surface area contributed by atoms with E-state index in [0.29, 0.717) is 11.1 Å². The largest absolute Gasteiger partial charge is 0.465 e. The maximum absolute atomic E-state index is 12.0. The van der Waals surface area contributed by atoms with Crippen LogP contribution in [0.2, 0.25) is 0 Å². The van der Waals surface area contributed by atoms with Gasteiger partial charge in [-0.15, -0.1) is 0 Å². The Balaban J connectivity index is 0.000000220. The fraction of sp³-hybridized carbons (Fsp3) is 0.235. The molecule has 0 saturated heterocycles. The number of aryl methyl sites for hydroxylation is 2. The number of carbonyl (C=O) groups is 1. The summed E-state index contributed by atoms with van der Waals surface area (Å²) in [6, 6.07) is 12.5. The summed E-state index contributed by atoms with van der Waals surface area (Å²) in [5.74, 6) is -0.287. The minimum Gasteiger partial charge on any atom is -0.465 e. The van der Waals surface area contributed by atoms with Gasteiger partial charge in [-0.3, -0.25) is 0 Å². The van der Waals surface area contributed by atoms with Crippen LogP contribution in [0.4, 0.5) is 13.2 Å². The molecule has 0 unspecified atom stereocenters. The summed E-state index contributed by atoms with van der Waals surface area (Å²) >= 11 is 0. The van der Waals surface area contributed by atoms with Crippen molar-refractivity contribution < 1.29 is 22.7 Å². The molecular formula is C17H17F3O2. The summed E-state index contributed by atoms with van der Waals surface area (Å²) in [5, 5.41) is 0. The molecule has 2 nitrogen and oxygen atoms in total. The average Bonchev–Trinajstić information content (AvgIpc) is 2.47. The molecule has 0 fully saturated rings. The third-order valence-electron chi connectivity index (χ3n) is 2.82. The van der Waals surface area contributed by atoms with Crippen LogP contribution >= 0.6 is 0 Å². The van der Waals surface area contributed by atoms with Gasteiger partial charge in [0.25, 0.3) is 0 Å². The van der Waals surface area contributed by atoms with Gasteiger partial charge in [0.2, 0.25) is 0 Å². The number of esters is 1. The van der Waals surface area contributed by atoms with Crippen LogP contribution in [-0.2, 0) is 10.9 Å². The van der Waals surface area contributed by atoms with Crippen molar-refractivity contribution in [2.75, 3.05) is 7.11 Å². The highest BCUT2D eigenvalue weighted by Crippen LogP contribution is 2.29. The van der Waals surface area contributed by atoms with Gasteiger partial charge in [0.1, 0.15) is 0 Å². The first-order chi connectivity index (χ1) is 10.2. The van der Waals surface area contributed by atoms with Gasteiger partial charge in [-0.2, -0.15) is 13.2 Å². The molecule has 0 aliphatic rings. The van der Waals surface area contributed by atoms with Crippen molar-refractivity contribution >= 4 is 5.97 Å². The van der Waals surface area contributed by atoms with Gasteiger partial charge in [0.05, 0.1) is 18.2 Å². The standard InChI is InChI=1S/C9H10O2.C8H7F3/c1-7-3-5-8(6-4-7)9(10)11-2;1-6-3-2-4-7(5-6)8(9,10)11/h3-6H,1-2H3;2-5H,1H3. The molecule has 0 amide bonds. The number of hydrogen-bond donors (Lipinski definition) is 0. The lowest BCUT2D eigenvalue weighted by Crippen LogP contribution is -2.04. The number of carbonyl (C=O) groups excluding carboxylic acids is 1. The van der Waals surface area contributed by atoms with Crippen LogP contribution in [0, 0.1) is 13.8 Å². The highest BCUT2D eigenvalue weighted by molar-refractivity contribution is 5.89. The second-order valence-corrected chi connectivity index (χ2v) is 4.72. The molecular weight excluding hydrogens is 293 g/mol. The summed E-state index contributed by atoms with van der Waals surface area (Å²) in [4.78, 5) is 10.9. The zero-order valence-corrected chi connectivity index (χ0v) is 12.6. The number of ether oxygens (including phenoxy) is 1. The van der Waals surface area contributed by atoms with Gasteiger partial charge in [0, 0.05) is 0 Å². The molecule has 5 heteroatoms. The summed E-state index contributed by atoms with van der Waals surface area (Å²) in [5.41, 5.74) is 1.77. The number of benzene rings is 2. The van der Waals surface area contributed by atoms with E-state index in [1.165, 1.54) is 13.2 Å². The van der Waals surface area contributed by atoms with E-state index in [9.17, 15) is 18.0 Å². The van der Waals surface area contributed by atoms with Gasteiger partial charge in [0.15, 0.2) is 0 Å². The first kappa shape index (κ1) is 17.8. The summed E-state index contributed by atoms with van der Waals surface area (Å²) in [6.45, 7) is 3.61. The molecule has 0 radical (unpaired) electrons. The van der Waals surface area contributed by atoms with Gasteiger partial charge >= 0.3 is 12.1 Å². The lowest BCUT2D eigenvalue weighted by molar-refractivity contribution is -0.137. The van der Waals surface area contributed by atoms with Crippen LogP contribution in [0.15, 0.2) is 48.5 Å². The summed E-state index contributed by atoms with van der Waals surface area (Å²) in [6.07, 6.45) is -4.22. The van der Waals surface area contributed by atoms with E-state index in [2.05, 4.69) is 4.74 Å². The quantitative estimate of drug-likeness (QED) is 0.708.